The fourth-order valence-corrected chi connectivity index (χ4v) is 3.65. The number of alkyl halides is 1. The molecule has 0 unspecified atom stereocenters. The lowest BCUT2D eigenvalue weighted by atomic mass is 10.2. The van der Waals surface area contributed by atoms with Gasteiger partial charge in [0.05, 0.1) is 29.5 Å². The third-order valence-corrected chi connectivity index (χ3v) is 5.09. The van der Waals surface area contributed by atoms with Crippen LogP contribution in [0.2, 0.25) is 0 Å². The van der Waals surface area contributed by atoms with Gasteiger partial charge in [-0.25, -0.2) is 28.7 Å². The van der Waals surface area contributed by atoms with E-state index < -0.39 is 12.1 Å². The Morgan fingerprint density at radius 1 is 1.21 bits per heavy atom. The zero-order chi connectivity index (χ0) is 20.1. The fourth-order valence-electron chi connectivity index (χ4n) is 3.65. The summed E-state index contributed by atoms with van der Waals surface area (Å²) in [6.07, 6.45) is 1.11. The number of benzene rings is 1. The van der Waals surface area contributed by atoms with Crippen molar-refractivity contribution in [2.45, 2.75) is 19.5 Å². The van der Waals surface area contributed by atoms with Gasteiger partial charge in [-0.1, -0.05) is 12.1 Å². The first-order valence-corrected chi connectivity index (χ1v) is 9.26. The SMILES string of the molecule is Cc1nc2ccccc2nc1-c1cn2nc(N3CC[C@@H](F)C3)cc(C(=O)O)c2n1. The molecular weight excluding hydrogens is 375 g/mol. The van der Waals surface area contributed by atoms with Crippen LogP contribution < -0.4 is 4.90 Å². The van der Waals surface area contributed by atoms with Gasteiger partial charge in [-0.05, 0) is 25.5 Å². The quantitative estimate of drug-likeness (QED) is 0.573. The minimum absolute atomic E-state index is 0.00922. The molecule has 4 heterocycles. The Labute approximate surface area is 164 Å². The monoisotopic (exact) mass is 392 g/mol. The van der Waals surface area contributed by atoms with Crippen LogP contribution >= 0.6 is 0 Å². The largest absolute Gasteiger partial charge is 0.478 e. The van der Waals surface area contributed by atoms with Gasteiger partial charge in [0, 0.05) is 12.6 Å². The van der Waals surface area contributed by atoms with Gasteiger partial charge in [0.1, 0.15) is 23.1 Å². The topological polar surface area (TPSA) is 96.5 Å². The fraction of sp³-hybridized carbons (Fsp3) is 0.250. The summed E-state index contributed by atoms with van der Waals surface area (Å²) >= 11 is 0. The van der Waals surface area contributed by atoms with Crippen LogP contribution in [0.4, 0.5) is 10.2 Å². The minimum Gasteiger partial charge on any atom is -0.478 e. The molecule has 1 aliphatic rings. The molecule has 0 radical (unpaired) electrons. The van der Waals surface area contributed by atoms with E-state index in [2.05, 4.69) is 20.1 Å². The van der Waals surface area contributed by atoms with Crippen molar-refractivity contribution >= 4 is 28.5 Å². The summed E-state index contributed by atoms with van der Waals surface area (Å²) in [5.41, 5.74) is 3.46. The number of aryl methyl sites for hydroxylation is 1. The molecular formula is C20H17FN6O2. The molecule has 4 aromatic rings. The van der Waals surface area contributed by atoms with Gasteiger partial charge in [-0.3, -0.25) is 0 Å². The molecule has 1 fully saturated rings. The number of halogens is 1. The molecule has 9 heteroatoms. The number of anilines is 1. The average Bonchev–Trinajstić information content (AvgIpc) is 3.32. The number of hydrogen-bond acceptors (Lipinski definition) is 6. The Morgan fingerprint density at radius 2 is 1.97 bits per heavy atom. The maximum atomic E-state index is 13.6. The first-order chi connectivity index (χ1) is 14.0. The van der Waals surface area contributed by atoms with Crippen LogP contribution in [-0.2, 0) is 0 Å². The minimum atomic E-state index is -1.12. The molecule has 0 saturated carbocycles. The molecule has 0 spiro atoms. The lowest BCUT2D eigenvalue weighted by Crippen LogP contribution is -2.22. The zero-order valence-corrected chi connectivity index (χ0v) is 15.6. The molecule has 29 heavy (non-hydrogen) atoms. The molecule has 3 aromatic heterocycles. The summed E-state index contributed by atoms with van der Waals surface area (Å²) in [4.78, 5) is 27.3. The lowest BCUT2D eigenvalue weighted by molar-refractivity contribution is 0.0698. The van der Waals surface area contributed by atoms with Crippen molar-refractivity contribution in [3.05, 3.63) is 47.8 Å². The van der Waals surface area contributed by atoms with E-state index >= 15 is 0 Å². The van der Waals surface area contributed by atoms with Gasteiger partial charge < -0.3 is 10.0 Å². The number of carboxylic acids is 1. The van der Waals surface area contributed by atoms with Gasteiger partial charge in [0.25, 0.3) is 0 Å². The molecule has 0 aliphatic carbocycles. The molecule has 1 aliphatic heterocycles. The third kappa shape index (κ3) is 2.95. The molecule has 1 saturated heterocycles. The van der Waals surface area contributed by atoms with Crippen molar-refractivity contribution in [3.63, 3.8) is 0 Å². The number of rotatable bonds is 3. The number of para-hydroxylation sites is 2. The lowest BCUT2D eigenvalue weighted by Gasteiger charge is -2.16. The van der Waals surface area contributed by atoms with Crippen LogP contribution in [0.3, 0.4) is 0 Å². The second-order valence-electron chi connectivity index (χ2n) is 7.09. The molecule has 1 N–H and O–H groups in total. The van der Waals surface area contributed by atoms with Crippen LogP contribution in [0.15, 0.2) is 36.5 Å². The third-order valence-electron chi connectivity index (χ3n) is 5.09. The highest BCUT2D eigenvalue weighted by atomic mass is 19.1. The van der Waals surface area contributed by atoms with Crippen molar-refractivity contribution in [2.75, 3.05) is 18.0 Å². The molecule has 5 rings (SSSR count). The van der Waals surface area contributed by atoms with E-state index in [0.29, 0.717) is 35.9 Å². The van der Waals surface area contributed by atoms with Crippen molar-refractivity contribution in [1.29, 1.82) is 0 Å². The summed E-state index contributed by atoms with van der Waals surface area (Å²) in [5, 5.41) is 14.2. The van der Waals surface area contributed by atoms with E-state index in [1.165, 1.54) is 10.6 Å². The van der Waals surface area contributed by atoms with E-state index in [0.717, 1.165) is 11.0 Å². The number of hydrogen-bond donors (Lipinski definition) is 1. The molecule has 0 amide bonds. The maximum absolute atomic E-state index is 13.6. The average molecular weight is 392 g/mol. The number of aromatic carboxylic acids is 1. The van der Waals surface area contributed by atoms with Crippen molar-refractivity contribution in [1.82, 2.24) is 24.6 Å². The summed E-state index contributed by atoms with van der Waals surface area (Å²) in [7, 11) is 0. The maximum Gasteiger partial charge on any atom is 0.339 e. The Kier molecular flexibility index (Phi) is 3.90. The molecule has 0 bridgehead atoms. The highest BCUT2D eigenvalue weighted by Crippen LogP contribution is 2.26. The van der Waals surface area contributed by atoms with E-state index in [4.69, 9.17) is 0 Å². The van der Waals surface area contributed by atoms with Gasteiger partial charge in [-0.15, -0.1) is 5.10 Å². The van der Waals surface area contributed by atoms with Crippen molar-refractivity contribution in [2.24, 2.45) is 0 Å². The standard InChI is InChI=1S/C20H17FN6O2/c1-11-18(23-15-5-3-2-4-14(15)22-11)16-10-27-19(24-16)13(20(28)29)8-17(25-27)26-7-6-12(21)9-26/h2-5,8,10,12H,6-7,9H2,1H3,(H,28,29)/t12-/m1/s1. The predicted octanol–water partition coefficient (Wildman–Crippen LogP) is 2.89. The van der Waals surface area contributed by atoms with E-state index in [1.807, 2.05) is 31.2 Å². The first-order valence-electron chi connectivity index (χ1n) is 9.26. The van der Waals surface area contributed by atoms with Crippen molar-refractivity contribution in [3.8, 4) is 11.4 Å². The van der Waals surface area contributed by atoms with E-state index in [-0.39, 0.29) is 17.8 Å². The van der Waals surface area contributed by atoms with Crippen LogP contribution in [-0.4, -0.2) is 54.9 Å². The van der Waals surface area contributed by atoms with Crippen molar-refractivity contribution < 1.29 is 14.3 Å². The van der Waals surface area contributed by atoms with Gasteiger partial charge in [0.15, 0.2) is 11.5 Å². The molecule has 8 nitrogen and oxygen atoms in total. The van der Waals surface area contributed by atoms with Gasteiger partial charge in [-0.2, -0.15) is 0 Å². The molecule has 1 aromatic carbocycles. The Morgan fingerprint density at radius 3 is 2.66 bits per heavy atom. The van der Waals surface area contributed by atoms with Crippen LogP contribution in [0.1, 0.15) is 22.5 Å². The van der Waals surface area contributed by atoms with E-state index in [1.54, 1.807) is 11.1 Å². The normalized spacial score (nSPS) is 16.8. The Hall–Kier alpha value is -3.62. The summed E-state index contributed by atoms with van der Waals surface area (Å²) in [6, 6.07) is 8.97. The highest BCUT2D eigenvalue weighted by molar-refractivity contribution is 5.95. The van der Waals surface area contributed by atoms with Crippen LogP contribution in [0.25, 0.3) is 28.1 Å². The Balaban J connectivity index is 1.67. The van der Waals surface area contributed by atoms with Gasteiger partial charge >= 0.3 is 5.97 Å². The summed E-state index contributed by atoms with van der Waals surface area (Å²) in [5.74, 6) is -0.701. The number of carboxylic acid groups (broad SMARTS) is 1. The zero-order valence-electron chi connectivity index (χ0n) is 15.6. The number of nitrogens with zero attached hydrogens (tertiary/aromatic N) is 6. The Bertz CT molecular complexity index is 1270. The van der Waals surface area contributed by atoms with E-state index in [9.17, 15) is 14.3 Å². The summed E-state index contributed by atoms with van der Waals surface area (Å²) < 4.78 is 15.0. The number of fused-ring (bicyclic) bond motifs is 2. The predicted molar refractivity (Wildman–Crippen MR) is 105 cm³/mol. The summed E-state index contributed by atoms with van der Waals surface area (Å²) in [6.45, 7) is 2.53. The molecule has 146 valence electrons. The first kappa shape index (κ1) is 17.5. The molecule has 1 atom stereocenters. The van der Waals surface area contributed by atoms with Crippen LogP contribution in [0.5, 0.6) is 0 Å². The van der Waals surface area contributed by atoms with Crippen LogP contribution in [0, 0.1) is 6.92 Å². The second-order valence-corrected chi connectivity index (χ2v) is 7.09. The number of aromatic nitrogens is 5. The highest BCUT2D eigenvalue weighted by Gasteiger charge is 2.26. The number of imidazole rings is 1. The van der Waals surface area contributed by atoms with Gasteiger partial charge in [0.2, 0.25) is 0 Å². The number of carbonyl (C=O) groups is 1. The second kappa shape index (κ2) is 6.47. The smallest absolute Gasteiger partial charge is 0.339 e.